The maximum Gasteiger partial charge on any atom is 0.306 e. The first-order valence-corrected chi connectivity index (χ1v) is 32.7. The molecule has 0 bridgehead atoms. The van der Waals surface area contributed by atoms with E-state index in [9.17, 15) is 14.4 Å². The van der Waals surface area contributed by atoms with Crippen molar-refractivity contribution in [1.29, 1.82) is 0 Å². The van der Waals surface area contributed by atoms with Crippen LogP contribution in [-0.2, 0) is 28.6 Å². The highest BCUT2D eigenvalue weighted by molar-refractivity contribution is 5.71. The van der Waals surface area contributed by atoms with E-state index in [0.29, 0.717) is 19.3 Å². The number of unbranched alkanes of at least 4 members (excludes halogenated alkanes) is 25. The third kappa shape index (κ3) is 64.3. The Kier molecular flexibility index (Phi) is 62.3. The van der Waals surface area contributed by atoms with Crippen LogP contribution in [0.5, 0.6) is 0 Å². The molecule has 0 rings (SSSR count). The normalized spacial score (nSPS) is 13.0. The van der Waals surface area contributed by atoms with Crippen LogP contribution in [0.1, 0.15) is 290 Å². The van der Waals surface area contributed by atoms with Gasteiger partial charge >= 0.3 is 17.9 Å². The fraction of sp³-hybridized carbons (Fsp3) is 0.658. The zero-order valence-corrected chi connectivity index (χ0v) is 51.3. The molecule has 6 heteroatoms. The number of carbonyl (C=O) groups excluding carboxylic acids is 3. The lowest BCUT2D eigenvalue weighted by atomic mass is 10.0. The Bertz CT molecular complexity index is 1680. The van der Waals surface area contributed by atoms with Crippen LogP contribution >= 0.6 is 0 Å². The van der Waals surface area contributed by atoms with E-state index in [4.69, 9.17) is 14.2 Å². The fourth-order valence-electron chi connectivity index (χ4n) is 8.83. The van der Waals surface area contributed by atoms with Crippen molar-refractivity contribution in [2.45, 2.75) is 297 Å². The molecule has 0 amide bonds. The Morgan fingerprint density at radius 3 is 0.772 bits per heavy atom. The number of hydrogen-bond acceptors (Lipinski definition) is 6. The van der Waals surface area contributed by atoms with Crippen LogP contribution in [0.15, 0.2) is 134 Å². The molecule has 0 saturated heterocycles. The summed E-state index contributed by atoms with van der Waals surface area (Å²) < 4.78 is 16.9. The molecule has 1 atom stereocenters. The molecule has 0 heterocycles. The van der Waals surface area contributed by atoms with Gasteiger partial charge in [-0.25, -0.2) is 0 Å². The number of hydrogen-bond donors (Lipinski definition) is 0. The average molecular weight is 1090 g/mol. The lowest BCUT2D eigenvalue weighted by Gasteiger charge is -2.18. The summed E-state index contributed by atoms with van der Waals surface area (Å²) in [6, 6.07) is 0. The van der Waals surface area contributed by atoms with Crippen LogP contribution < -0.4 is 0 Å². The standard InChI is InChI=1S/C73H120O6/c1-4-7-10-13-16-19-22-25-27-29-31-33-35-36-38-39-41-43-45-48-51-54-57-60-63-66-72(75)78-69-70(68-77-71(74)65-62-59-56-53-50-47-24-21-18-15-12-9-6-3)79-73(76)67-64-61-58-55-52-49-46-44-42-40-37-34-32-30-28-26-23-20-17-14-11-8-5-2/h7-8,10-11,16-17,19-20,25-28,31-34,36,38,40-43,70H,4-6,9,12-15,18,21-24,29-30,35,37,39,44-69H2,1-3H3/b10-7-,11-8-,19-16-,20-17-,27-25-,28-26-,33-31-,34-32-,38-36-,42-40-,43-41-. The van der Waals surface area contributed by atoms with Crippen LogP contribution in [-0.4, -0.2) is 37.2 Å². The topological polar surface area (TPSA) is 78.9 Å². The van der Waals surface area contributed by atoms with Crippen LogP contribution in [0.25, 0.3) is 0 Å². The third-order valence-corrected chi connectivity index (χ3v) is 13.7. The highest BCUT2D eigenvalue weighted by Gasteiger charge is 2.19. The van der Waals surface area contributed by atoms with Crippen molar-refractivity contribution in [3.63, 3.8) is 0 Å². The van der Waals surface area contributed by atoms with Gasteiger partial charge in [-0.2, -0.15) is 0 Å². The molecule has 0 N–H and O–H groups in total. The zero-order chi connectivity index (χ0) is 57.1. The first-order valence-electron chi connectivity index (χ1n) is 32.7. The summed E-state index contributed by atoms with van der Waals surface area (Å²) in [6.07, 6.45) is 93.1. The molecule has 0 fully saturated rings. The number of allylic oxidation sites excluding steroid dienone is 22. The van der Waals surface area contributed by atoms with Gasteiger partial charge in [0.25, 0.3) is 0 Å². The Morgan fingerprint density at radius 1 is 0.266 bits per heavy atom. The highest BCUT2D eigenvalue weighted by Crippen LogP contribution is 2.16. The van der Waals surface area contributed by atoms with Crippen molar-refractivity contribution < 1.29 is 28.6 Å². The van der Waals surface area contributed by atoms with E-state index in [1.54, 1.807) is 0 Å². The van der Waals surface area contributed by atoms with Crippen molar-refractivity contribution in [2.24, 2.45) is 0 Å². The molecule has 0 aromatic carbocycles. The highest BCUT2D eigenvalue weighted by atomic mass is 16.6. The van der Waals surface area contributed by atoms with Crippen molar-refractivity contribution in [3.05, 3.63) is 134 Å². The lowest BCUT2D eigenvalue weighted by molar-refractivity contribution is -0.167. The molecule has 79 heavy (non-hydrogen) atoms. The summed E-state index contributed by atoms with van der Waals surface area (Å²) in [5.41, 5.74) is 0. The monoisotopic (exact) mass is 1090 g/mol. The quantitative estimate of drug-likeness (QED) is 0.0261. The largest absolute Gasteiger partial charge is 0.462 e. The smallest absolute Gasteiger partial charge is 0.306 e. The number of carbonyl (C=O) groups is 3. The second kappa shape index (κ2) is 66.1. The SMILES string of the molecule is CC/C=C\C/C=C\C/C=C\C/C=C\C/C=C\C/C=C\CCCCCCCCC(=O)OCC(COC(=O)CCCCCCCCCCCCCCC)OC(=O)CCCCCCCCC/C=C\C/C=C\C/C=C\C/C=C\C/C=C\CC. The van der Waals surface area contributed by atoms with E-state index in [2.05, 4.69) is 154 Å². The molecule has 0 aromatic rings. The summed E-state index contributed by atoms with van der Waals surface area (Å²) in [5, 5.41) is 0. The van der Waals surface area contributed by atoms with Gasteiger partial charge in [0.2, 0.25) is 0 Å². The minimum absolute atomic E-state index is 0.0888. The van der Waals surface area contributed by atoms with Gasteiger partial charge < -0.3 is 14.2 Å². The van der Waals surface area contributed by atoms with Crippen molar-refractivity contribution in [2.75, 3.05) is 13.2 Å². The second-order valence-electron chi connectivity index (χ2n) is 21.3. The molecule has 0 aromatic heterocycles. The Hall–Kier alpha value is -4.45. The Morgan fingerprint density at radius 2 is 0.494 bits per heavy atom. The molecular weight excluding hydrogens is 973 g/mol. The molecular formula is C73H120O6. The van der Waals surface area contributed by atoms with Crippen LogP contribution in [0.2, 0.25) is 0 Å². The van der Waals surface area contributed by atoms with E-state index in [1.165, 1.54) is 103 Å². The maximum absolute atomic E-state index is 12.9. The maximum atomic E-state index is 12.9. The molecule has 0 radical (unpaired) electrons. The van der Waals surface area contributed by atoms with Gasteiger partial charge in [0, 0.05) is 19.3 Å². The van der Waals surface area contributed by atoms with Crippen molar-refractivity contribution >= 4 is 17.9 Å². The van der Waals surface area contributed by atoms with E-state index in [-0.39, 0.29) is 31.1 Å². The Balaban J connectivity index is 4.41. The molecule has 0 saturated carbocycles. The van der Waals surface area contributed by atoms with E-state index in [1.807, 2.05) is 0 Å². The summed E-state index contributed by atoms with van der Waals surface area (Å²) in [4.78, 5) is 38.4. The molecule has 448 valence electrons. The van der Waals surface area contributed by atoms with E-state index in [0.717, 1.165) is 148 Å². The zero-order valence-electron chi connectivity index (χ0n) is 51.3. The predicted octanol–water partition coefficient (Wildman–Crippen LogP) is 22.5. The van der Waals surface area contributed by atoms with Gasteiger partial charge in [-0.05, 0) is 116 Å². The summed E-state index contributed by atoms with van der Waals surface area (Å²) in [7, 11) is 0. The van der Waals surface area contributed by atoms with Gasteiger partial charge in [0.15, 0.2) is 6.10 Å². The molecule has 1 unspecified atom stereocenters. The predicted molar refractivity (Wildman–Crippen MR) is 343 cm³/mol. The number of ether oxygens (including phenoxy) is 3. The van der Waals surface area contributed by atoms with Gasteiger partial charge in [0.1, 0.15) is 13.2 Å². The van der Waals surface area contributed by atoms with Gasteiger partial charge in [-0.3, -0.25) is 14.4 Å². The lowest BCUT2D eigenvalue weighted by Crippen LogP contribution is -2.30. The summed E-state index contributed by atoms with van der Waals surface area (Å²) in [6.45, 7) is 6.40. The molecule has 0 spiro atoms. The molecule has 6 nitrogen and oxygen atoms in total. The number of rotatable bonds is 58. The van der Waals surface area contributed by atoms with Gasteiger partial charge in [-0.1, -0.05) is 289 Å². The van der Waals surface area contributed by atoms with E-state index < -0.39 is 6.10 Å². The first kappa shape index (κ1) is 74.5. The summed E-state index contributed by atoms with van der Waals surface area (Å²) in [5.74, 6) is -0.910. The minimum Gasteiger partial charge on any atom is -0.462 e. The third-order valence-electron chi connectivity index (χ3n) is 13.7. The van der Waals surface area contributed by atoms with Crippen LogP contribution in [0.3, 0.4) is 0 Å². The minimum atomic E-state index is -0.795. The Labute approximate surface area is 487 Å². The van der Waals surface area contributed by atoms with Gasteiger partial charge in [0.05, 0.1) is 0 Å². The summed E-state index contributed by atoms with van der Waals surface area (Å²) >= 11 is 0. The first-order chi connectivity index (χ1) is 39.0. The van der Waals surface area contributed by atoms with Crippen molar-refractivity contribution in [1.82, 2.24) is 0 Å². The van der Waals surface area contributed by atoms with Crippen LogP contribution in [0.4, 0.5) is 0 Å². The van der Waals surface area contributed by atoms with E-state index >= 15 is 0 Å². The molecule has 0 aliphatic carbocycles. The van der Waals surface area contributed by atoms with Crippen molar-refractivity contribution in [3.8, 4) is 0 Å². The van der Waals surface area contributed by atoms with Gasteiger partial charge in [-0.15, -0.1) is 0 Å². The second-order valence-corrected chi connectivity index (χ2v) is 21.3. The molecule has 0 aliphatic rings. The molecule has 0 aliphatic heterocycles. The average Bonchev–Trinajstić information content (AvgIpc) is 3.45. The number of esters is 3. The fourth-order valence-corrected chi connectivity index (χ4v) is 8.83. The van der Waals surface area contributed by atoms with Crippen LogP contribution in [0, 0.1) is 0 Å².